The Labute approximate surface area is 290 Å². The van der Waals surface area contributed by atoms with Gasteiger partial charge in [-0.2, -0.15) is 0 Å². The van der Waals surface area contributed by atoms with E-state index < -0.39 is 0 Å². The first-order valence-electron chi connectivity index (χ1n) is 17.9. The minimum atomic E-state index is -0.354. The molecule has 3 atom stereocenters. The Morgan fingerprint density at radius 1 is 0.396 bits per heavy atom. The van der Waals surface area contributed by atoms with E-state index in [2.05, 4.69) is 20.8 Å². The monoisotopic (exact) mass is 707 g/mol. The Balaban J connectivity index is -0.000000649. The van der Waals surface area contributed by atoms with Gasteiger partial charge in [-0.3, -0.25) is 0 Å². The molecule has 0 aromatic heterocycles. The van der Waals surface area contributed by atoms with Crippen molar-refractivity contribution in [2.45, 2.75) is 96.9 Å². The predicted molar refractivity (Wildman–Crippen MR) is 184 cm³/mol. The van der Waals surface area contributed by atoms with Gasteiger partial charge in [-0.15, -0.1) is 0 Å². The molecule has 48 heavy (non-hydrogen) atoms. The van der Waals surface area contributed by atoms with Crippen molar-refractivity contribution in [1.82, 2.24) is 0 Å². The van der Waals surface area contributed by atoms with Gasteiger partial charge in [-0.05, 0) is 19.3 Å². The molecule has 3 unspecified atom stereocenters. The molecule has 294 valence electrons. The number of ether oxygens (including phenoxy) is 8. The second-order valence-electron chi connectivity index (χ2n) is 10.7. The van der Waals surface area contributed by atoms with Gasteiger partial charge < -0.3 is 68.5 Å². The SMILES string of the molecule is CCCCC(CO)OCCOCCO.CCCCC(COCCOCCO)OCCOCCO.CCCCC(O)COCCOCCO. The summed E-state index contributed by atoms with van der Waals surface area (Å²) in [4.78, 5) is 0. The summed E-state index contributed by atoms with van der Waals surface area (Å²) in [6.07, 6.45) is 8.86. The van der Waals surface area contributed by atoms with E-state index in [0.29, 0.717) is 92.5 Å². The molecule has 0 amide bonds. The van der Waals surface area contributed by atoms with Gasteiger partial charge in [0.25, 0.3) is 0 Å². The summed E-state index contributed by atoms with van der Waals surface area (Å²) in [6, 6.07) is 0. The third kappa shape index (κ3) is 47.6. The zero-order chi connectivity index (χ0) is 36.2. The van der Waals surface area contributed by atoms with Crippen molar-refractivity contribution < 1.29 is 68.5 Å². The molecule has 0 rings (SSSR count). The van der Waals surface area contributed by atoms with Crippen molar-refractivity contribution in [3.05, 3.63) is 0 Å². The van der Waals surface area contributed by atoms with Gasteiger partial charge in [-0.1, -0.05) is 59.3 Å². The lowest BCUT2D eigenvalue weighted by Crippen LogP contribution is -2.23. The Morgan fingerprint density at radius 3 is 1.17 bits per heavy atom. The van der Waals surface area contributed by atoms with Gasteiger partial charge in [0.1, 0.15) is 0 Å². The smallest absolute Gasteiger partial charge is 0.0809 e. The lowest BCUT2D eigenvalue weighted by atomic mass is 10.2. The molecular weight excluding hydrogens is 632 g/mol. The molecule has 0 radical (unpaired) electrons. The number of aliphatic hydroxyl groups is 6. The first-order valence-corrected chi connectivity index (χ1v) is 17.9. The molecule has 0 bridgehead atoms. The zero-order valence-corrected chi connectivity index (χ0v) is 30.5. The lowest BCUT2D eigenvalue weighted by Gasteiger charge is -2.18. The van der Waals surface area contributed by atoms with Gasteiger partial charge in [0.2, 0.25) is 0 Å². The fraction of sp³-hybridized carbons (Fsp3) is 1.00. The van der Waals surface area contributed by atoms with E-state index in [9.17, 15) is 5.11 Å². The second-order valence-corrected chi connectivity index (χ2v) is 10.7. The van der Waals surface area contributed by atoms with E-state index in [4.69, 9.17) is 63.4 Å². The third-order valence-corrected chi connectivity index (χ3v) is 6.32. The molecule has 14 nitrogen and oxygen atoms in total. The van der Waals surface area contributed by atoms with Crippen LogP contribution >= 0.6 is 0 Å². The topological polar surface area (TPSA) is 195 Å². The lowest BCUT2D eigenvalue weighted by molar-refractivity contribution is -0.0536. The minimum Gasteiger partial charge on any atom is -0.394 e. The highest BCUT2D eigenvalue weighted by Crippen LogP contribution is 2.06. The van der Waals surface area contributed by atoms with Crippen LogP contribution < -0.4 is 0 Å². The fourth-order valence-corrected chi connectivity index (χ4v) is 3.71. The second kappa shape index (κ2) is 48.6. The largest absolute Gasteiger partial charge is 0.394 e. The Kier molecular flexibility index (Phi) is 52.4. The highest BCUT2D eigenvalue weighted by molar-refractivity contribution is 4.58. The molecule has 0 heterocycles. The molecule has 14 heteroatoms. The Morgan fingerprint density at radius 2 is 0.750 bits per heavy atom. The normalized spacial score (nSPS) is 12.9. The molecule has 0 saturated carbocycles. The van der Waals surface area contributed by atoms with Gasteiger partial charge in [0, 0.05) is 0 Å². The van der Waals surface area contributed by atoms with Crippen molar-refractivity contribution in [2.24, 2.45) is 0 Å². The molecule has 0 aliphatic heterocycles. The van der Waals surface area contributed by atoms with E-state index in [-0.39, 0.29) is 51.3 Å². The number of hydrogen-bond acceptors (Lipinski definition) is 14. The summed E-state index contributed by atoms with van der Waals surface area (Å²) in [5.74, 6) is 0. The van der Waals surface area contributed by atoms with Crippen LogP contribution in [0.2, 0.25) is 0 Å². The average Bonchev–Trinajstić information content (AvgIpc) is 3.10. The maximum absolute atomic E-state index is 9.38. The highest BCUT2D eigenvalue weighted by atomic mass is 16.6. The summed E-state index contributed by atoms with van der Waals surface area (Å²) < 4.78 is 42.1. The van der Waals surface area contributed by atoms with Gasteiger partial charge in [0.15, 0.2) is 0 Å². The maximum atomic E-state index is 9.38. The Bertz CT molecular complexity index is 536. The van der Waals surface area contributed by atoms with Crippen molar-refractivity contribution in [3.63, 3.8) is 0 Å². The van der Waals surface area contributed by atoms with Crippen LogP contribution in [0, 0.1) is 0 Å². The number of rotatable bonds is 36. The third-order valence-electron chi connectivity index (χ3n) is 6.32. The van der Waals surface area contributed by atoms with E-state index in [1.165, 1.54) is 0 Å². The summed E-state index contributed by atoms with van der Waals surface area (Å²) in [5.41, 5.74) is 0. The molecule has 0 aliphatic rings. The number of aliphatic hydroxyl groups excluding tert-OH is 6. The standard InChI is InChI=1S/C14H30O6.2C10H22O4/c1-2-3-4-14(20-12-11-18-8-6-16)13-19-10-9-17-7-5-15;1-2-3-4-10(12)9-14-8-7-13-6-5-11;1-2-3-4-10(9-12)14-8-7-13-6-5-11/h14-16H,2-13H2,1H3;2*10-12H,2-9H2,1H3. The van der Waals surface area contributed by atoms with Crippen molar-refractivity contribution >= 4 is 0 Å². The quantitative estimate of drug-likeness (QED) is 0.0516. The Hall–Kier alpha value is -0.560. The van der Waals surface area contributed by atoms with Crippen LogP contribution in [0.1, 0.15) is 78.6 Å². The maximum Gasteiger partial charge on any atom is 0.0809 e. The summed E-state index contributed by atoms with van der Waals surface area (Å²) in [6.45, 7) is 12.8. The van der Waals surface area contributed by atoms with Crippen LogP contribution in [-0.4, -0.2) is 174 Å². The molecule has 0 spiro atoms. The highest BCUT2D eigenvalue weighted by Gasteiger charge is 2.09. The van der Waals surface area contributed by atoms with Crippen LogP contribution in [0.15, 0.2) is 0 Å². The average molecular weight is 707 g/mol. The molecule has 0 fully saturated rings. The molecule has 6 N–H and O–H groups in total. The van der Waals surface area contributed by atoms with Crippen LogP contribution in [0.4, 0.5) is 0 Å². The van der Waals surface area contributed by atoms with Crippen LogP contribution in [0.25, 0.3) is 0 Å². The van der Waals surface area contributed by atoms with Crippen molar-refractivity contribution in [1.29, 1.82) is 0 Å². The van der Waals surface area contributed by atoms with Crippen molar-refractivity contribution in [3.8, 4) is 0 Å². The molecule has 0 aromatic carbocycles. The predicted octanol–water partition coefficient (Wildman–Crippen LogP) is 1.72. The van der Waals surface area contributed by atoms with Gasteiger partial charge in [-0.25, -0.2) is 0 Å². The van der Waals surface area contributed by atoms with Gasteiger partial charge in [0.05, 0.1) is 144 Å². The summed E-state index contributed by atoms with van der Waals surface area (Å²) in [5, 5.41) is 52.3. The summed E-state index contributed by atoms with van der Waals surface area (Å²) >= 11 is 0. The number of hydrogen-bond donors (Lipinski definition) is 6. The minimum absolute atomic E-state index is 0.0378. The molecular formula is C34H74O14. The van der Waals surface area contributed by atoms with Crippen LogP contribution in [0.3, 0.4) is 0 Å². The van der Waals surface area contributed by atoms with E-state index in [0.717, 1.165) is 57.8 Å². The molecule has 0 aliphatic carbocycles. The number of unbranched alkanes of at least 4 members (excludes halogenated alkanes) is 3. The van der Waals surface area contributed by atoms with Gasteiger partial charge >= 0.3 is 0 Å². The molecule has 0 saturated heterocycles. The zero-order valence-electron chi connectivity index (χ0n) is 30.5. The van der Waals surface area contributed by atoms with E-state index in [1.807, 2.05) is 0 Å². The van der Waals surface area contributed by atoms with Crippen LogP contribution in [0.5, 0.6) is 0 Å². The van der Waals surface area contributed by atoms with E-state index in [1.54, 1.807) is 0 Å². The first kappa shape index (κ1) is 51.8. The van der Waals surface area contributed by atoms with Crippen molar-refractivity contribution in [2.75, 3.05) is 126 Å². The van der Waals surface area contributed by atoms with Crippen LogP contribution in [-0.2, 0) is 37.9 Å². The summed E-state index contributed by atoms with van der Waals surface area (Å²) in [7, 11) is 0. The fourth-order valence-electron chi connectivity index (χ4n) is 3.71. The van der Waals surface area contributed by atoms with E-state index >= 15 is 0 Å². The first-order chi connectivity index (χ1) is 23.5. The molecule has 0 aromatic rings.